The number of ether oxygens (including phenoxy) is 1. The first kappa shape index (κ1) is 36.2. The molecule has 0 bridgehead atoms. The second kappa shape index (κ2) is 29.7. The number of hydrogen-bond acceptors (Lipinski definition) is 3. The van der Waals surface area contributed by atoms with E-state index in [1.807, 2.05) is 0 Å². The Hall–Kier alpha value is -1.84. The van der Waals surface area contributed by atoms with Crippen molar-refractivity contribution in [2.24, 2.45) is 0 Å². The van der Waals surface area contributed by atoms with Crippen molar-refractivity contribution in [2.75, 3.05) is 0 Å². The molecule has 4 nitrogen and oxygen atoms in total. The molecule has 0 aromatic carbocycles. The molecule has 0 heterocycles. The molecular weight excluding hydrogens is 472 g/mol. The Labute approximate surface area is 235 Å². The molecule has 0 saturated heterocycles. The molecular formula is C34H60O4. The highest BCUT2D eigenvalue weighted by Gasteiger charge is 2.14. The van der Waals surface area contributed by atoms with Crippen molar-refractivity contribution in [3.05, 3.63) is 36.5 Å². The van der Waals surface area contributed by atoms with E-state index in [4.69, 9.17) is 9.84 Å². The second-order valence-electron chi connectivity index (χ2n) is 10.6. The van der Waals surface area contributed by atoms with E-state index in [1.165, 1.54) is 57.8 Å². The van der Waals surface area contributed by atoms with Crippen LogP contribution in [0.4, 0.5) is 0 Å². The van der Waals surface area contributed by atoms with E-state index in [-0.39, 0.29) is 18.5 Å². The number of hydrogen-bond donors (Lipinski definition) is 1. The van der Waals surface area contributed by atoms with Crippen LogP contribution in [0.15, 0.2) is 36.5 Å². The van der Waals surface area contributed by atoms with Gasteiger partial charge in [-0.05, 0) is 70.6 Å². The summed E-state index contributed by atoms with van der Waals surface area (Å²) in [6, 6.07) is 0. The van der Waals surface area contributed by atoms with Gasteiger partial charge in [0.05, 0.1) is 0 Å². The van der Waals surface area contributed by atoms with Crippen LogP contribution in [-0.2, 0) is 14.3 Å². The average molecular weight is 533 g/mol. The summed E-state index contributed by atoms with van der Waals surface area (Å²) < 4.78 is 5.87. The van der Waals surface area contributed by atoms with E-state index < -0.39 is 5.97 Å². The van der Waals surface area contributed by atoms with Gasteiger partial charge in [0.25, 0.3) is 0 Å². The van der Waals surface area contributed by atoms with E-state index in [9.17, 15) is 9.59 Å². The summed E-state index contributed by atoms with van der Waals surface area (Å²) in [5.41, 5.74) is 0. The molecule has 1 atom stereocenters. The van der Waals surface area contributed by atoms with Gasteiger partial charge < -0.3 is 9.84 Å². The summed E-state index contributed by atoms with van der Waals surface area (Å²) in [6.07, 6.45) is 37.2. The molecule has 220 valence electrons. The number of carbonyl (C=O) groups is 2. The first-order valence-electron chi connectivity index (χ1n) is 16.0. The van der Waals surface area contributed by atoms with Gasteiger partial charge in [0.2, 0.25) is 0 Å². The Morgan fingerprint density at radius 3 is 1.74 bits per heavy atom. The molecule has 0 radical (unpaired) electrons. The van der Waals surface area contributed by atoms with Gasteiger partial charge in [0.15, 0.2) is 0 Å². The fourth-order valence-corrected chi connectivity index (χ4v) is 4.55. The standard InChI is InChI=1S/C34H60O4/c1-3-5-7-9-11-12-13-14-15-16-17-18-20-22-27-31-34(37)38-32(29-25-23-26-30-33(35)36)28-24-21-19-10-8-6-4-2/h5,7,11-12,14-15,32H,3-4,6,8-10,13,16-31H2,1-2H3,(H,35,36)/b7-5-,12-11-,15-14-. The summed E-state index contributed by atoms with van der Waals surface area (Å²) in [5.74, 6) is -0.781. The van der Waals surface area contributed by atoms with Crippen molar-refractivity contribution >= 4 is 11.9 Å². The van der Waals surface area contributed by atoms with E-state index in [0.717, 1.165) is 70.6 Å². The van der Waals surface area contributed by atoms with Crippen LogP contribution in [0.5, 0.6) is 0 Å². The summed E-state index contributed by atoms with van der Waals surface area (Å²) in [5, 5.41) is 8.82. The minimum atomic E-state index is -0.730. The number of esters is 1. The van der Waals surface area contributed by atoms with Crippen LogP contribution in [0.3, 0.4) is 0 Å². The smallest absolute Gasteiger partial charge is 0.306 e. The molecule has 0 aliphatic heterocycles. The summed E-state index contributed by atoms with van der Waals surface area (Å²) in [7, 11) is 0. The van der Waals surface area contributed by atoms with E-state index in [1.54, 1.807) is 0 Å². The van der Waals surface area contributed by atoms with Crippen molar-refractivity contribution in [2.45, 2.75) is 168 Å². The topological polar surface area (TPSA) is 63.6 Å². The lowest BCUT2D eigenvalue weighted by Crippen LogP contribution is -2.18. The molecule has 1 N–H and O–H groups in total. The molecule has 38 heavy (non-hydrogen) atoms. The van der Waals surface area contributed by atoms with Crippen LogP contribution in [-0.4, -0.2) is 23.1 Å². The molecule has 0 amide bonds. The van der Waals surface area contributed by atoms with Crippen LogP contribution in [0.1, 0.15) is 162 Å². The normalized spacial score (nSPS) is 12.7. The van der Waals surface area contributed by atoms with Crippen LogP contribution in [0.2, 0.25) is 0 Å². The monoisotopic (exact) mass is 532 g/mol. The highest BCUT2D eigenvalue weighted by Crippen LogP contribution is 2.18. The number of aliphatic carboxylic acids is 1. The van der Waals surface area contributed by atoms with E-state index >= 15 is 0 Å². The Bertz CT molecular complexity index is 620. The molecule has 0 saturated carbocycles. The average Bonchev–Trinajstić information content (AvgIpc) is 2.89. The van der Waals surface area contributed by atoms with Gasteiger partial charge in [-0.3, -0.25) is 9.59 Å². The van der Waals surface area contributed by atoms with E-state index in [2.05, 4.69) is 50.3 Å². The Morgan fingerprint density at radius 1 is 0.605 bits per heavy atom. The molecule has 0 aromatic rings. The molecule has 0 spiro atoms. The van der Waals surface area contributed by atoms with Gasteiger partial charge in [-0.2, -0.15) is 0 Å². The van der Waals surface area contributed by atoms with E-state index in [0.29, 0.717) is 12.8 Å². The van der Waals surface area contributed by atoms with Crippen LogP contribution < -0.4 is 0 Å². The largest absolute Gasteiger partial charge is 0.481 e. The maximum Gasteiger partial charge on any atom is 0.306 e. The fraction of sp³-hybridized carbons (Fsp3) is 0.765. The van der Waals surface area contributed by atoms with Crippen LogP contribution in [0, 0.1) is 0 Å². The maximum absolute atomic E-state index is 12.5. The Kier molecular flexibility index (Phi) is 28.3. The molecule has 0 fully saturated rings. The quantitative estimate of drug-likeness (QED) is 0.0618. The predicted octanol–water partition coefficient (Wildman–Crippen LogP) is 10.7. The number of carbonyl (C=O) groups excluding carboxylic acids is 1. The van der Waals surface area contributed by atoms with Gasteiger partial charge >= 0.3 is 11.9 Å². The molecule has 1 unspecified atom stereocenters. The number of carboxylic acid groups (broad SMARTS) is 1. The molecule has 0 rings (SSSR count). The molecule has 4 heteroatoms. The highest BCUT2D eigenvalue weighted by atomic mass is 16.5. The number of allylic oxidation sites excluding steroid dienone is 6. The van der Waals surface area contributed by atoms with Crippen molar-refractivity contribution in [3.8, 4) is 0 Å². The van der Waals surface area contributed by atoms with Crippen molar-refractivity contribution < 1.29 is 19.4 Å². The Morgan fingerprint density at radius 2 is 1.11 bits per heavy atom. The zero-order valence-electron chi connectivity index (χ0n) is 25.0. The van der Waals surface area contributed by atoms with Gasteiger partial charge in [-0.1, -0.05) is 115 Å². The van der Waals surface area contributed by atoms with Crippen molar-refractivity contribution in [3.63, 3.8) is 0 Å². The predicted molar refractivity (Wildman–Crippen MR) is 162 cm³/mol. The highest BCUT2D eigenvalue weighted by molar-refractivity contribution is 5.69. The minimum absolute atomic E-state index is 0.00240. The molecule has 0 aromatic heterocycles. The van der Waals surface area contributed by atoms with Crippen molar-refractivity contribution in [1.29, 1.82) is 0 Å². The summed E-state index contributed by atoms with van der Waals surface area (Å²) in [4.78, 5) is 23.2. The lowest BCUT2D eigenvalue weighted by atomic mass is 10.0. The third-order valence-corrected chi connectivity index (χ3v) is 6.88. The fourth-order valence-electron chi connectivity index (χ4n) is 4.55. The second-order valence-corrected chi connectivity index (χ2v) is 10.6. The first-order valence-corrected chi connectivity index (χ1v) is 16.0. The SMILES string of the molecule is CC/C=C\C/C=C\C/C=C\CCCCCCCC(=O)OC(CCCCCCCCC)CCCCCC(=O)O. The lowest BCUT2D eigenvalue weighted by Gasteiger charge is -2.18. The minimum Gasteiger partial charge on any atom is -0.481 e. The van der Waals surface area contributed by atoms with Gasteiger partial charge in [-0.15, -0.1) is 0 Å². The zero-order chi connectivity index (χ0) is 27.9. The van der Waals surface area contributed by atoms with Crippen LogP contribution in [0.25, 0.3) is 0 Å². The van der Waals surface area contributed by atoms with Crippen LogP contribution >= 0.6 is 0 Å². The third-order valence-electron chi connectivity index (χ3n) is 6.88. The van der Waals surface area contributed by atoms with Gasteiger partial charge in [-0.25, -0.2) is 0 Å². The summed E-state index contributed by atoms with van der Waals surface area (Å²) in [6.45, 7) is 4.40. The maximum atomic E-state index is 12.5. The molecule has 0 aliphatic rings. The number of carboxylic acids is 1. The molecule has 0 aliphatic carbocycles. The third kappa shape index (κ3) is 28.7. The Balaban J connectivity index is 3.96. The van der Waals surface area contributed by atoms with Gasteiger partial charge in [0, 0.05) is 12.8 Å². The number of rotatable bonds is 28. The first-order chi connectivity index (χ1) is 18.6. The zero-order valence-corrected chi connectivity index (χ0v) is 25.0. The number of unbranched alkanes of at least 4 members (excludes halogenated alkanes) is 13. The van der Waals surface area contributed by atoms with Gasteiger partial charge in [0.1, 0.15) is 6.10 Å². The summed E-state index contributed by atoms with van der Waals surface area (Å²) >= 11 is 0. The van der Waals surface area contributed by atoms with Crippen molar-refractivity contribution in [1.82, 2.24) is 0 Å². The lowest BCUT2D eigenvalue weighted by molar-refractivity contribution is -0.150.